The van der Waals surface area contributed by atoms with Gasteiger partial charge in [0.05, 0.1) is 11.4 Å². The number of fused-ring (bicyclic) bond motifs is 1. The van der Waals surface area contributed by atoms with E-state index in [0.29, 0.717) is 24.2 Å². The second-order valence-electron chi connectivity index (χ2n) is 7.33. The molecule has 28 heavy (non-hydrogen) atoms. The molecule has 0 bridgehead atoms. The average molecular weight is 399 g/mol. The summed E-state index contributed by atoms with van der Waals surface area (Å²) >= 11 is 0. The molecular weight excluding hydrogens is 378 g/mol. The Bertz CT molecular complexity index is 1070. The third-order valence-corrected chi connectivity index (χ3v) is 6.76. The van der Waals surface area contributed by atoms with Crippen LogP contribution in [-0.4, -0.2) is 50.1 Å². The van der Waals surface area contributed by atoms with Crippen LogP contribution in [0.3, 0.4) is 0 Å². The zero-order valence-corrected chi connectivity index (χ0v) is 16.3. The lowest BCUT2D eigenvalue weighted by Gasteiger charge is -2.25. The predicted molar refractivity (Wildman–Crippen MR) is 106 cm³/mol. The first kappa shape index (κ1) is 18.5. The largest absolute Gasteiger partial charge is 0.368 e. The SMILES string of the molecule is CS(=O)(=O)c1ccccc1-c1ccc(N2C[C@@]3(C(N)=O)CCCN3C2=O)cc1. The third-order valence-electron chi connectivity index (χ3n) is 5.61. The second kappa shape index (κ2) is 6.34. The van der Waals surface area contributed by atoms with E-state index in [1.807, 2.05) is 0 Å². The van der Waals surface area contributed by atoms with Crippen LogP contribution in [0, 0.1) is 0 Å². The highest BCUT2D eigenvalue weighted by Gasteiger charge is 2.56. The van der Waals surface area contributed by atoms with E-state index < -0.39 is 21.3 Å². The molecule has 2 aromatic rings. The van der Waals surface area contributed by atoms with Gasteiger partial charge in [-0.2, -0.15) is 0 Å². The van der Waals surface area contributed by atoms with Crippen LogP contribution in [-0.2, 0) is 14.6 Å². The van der Waals surface area contributed by atoms with Gasteiger partial charge in [0.1, 0.15) is 5.54 Å². The molecule has 146 valence electrons. The smallest absolute Gasteiger partial charge is 0.325 e. The zero-order chi connectivity index (χ0) is 20.1. The fourth-order valence-electron chi connectivity index (χ4n) is 4.18. The Kier molecular flexibility index (Phi) is 4.19. The van der Waals surface area contributed by atoms with Crippen LogP contribution in [0.1, 0.15) is 12.8 Å². The minimum absolute atomic E-state index is 0.222. The molecule has 7 nitrogen and oxygen atoms in total. The van der Waals surface area contributed by atoms with Crippen molar-refractivity contribution in [1.82, 2.24) is 4.90 Å². The molecule has 2 aliphatic rings. The maximum atomic E-state index is 12.8. The molecule has 2 aliphatic heterocycles. The molecule has 2 saturated heterocycles. The van der Waals surface area contributed by atoms with Crippen LogP contribution in [0.5, 0.6) is 0 Å². The number of rotatable bonds is 4. The number of benzene rings is 2. The van der Waals surface area contributed by atoms with E-state index in [9.17, 15) is 18.0 Å². The summed E-state index contributed by atoms with van der Waals surface area (Å²) in [7, 11) is -3.37. The van der Waals surface area contributed by atoms with Crippen LogP contribution in [0.4, 0.5) is 10.5 Å². The van der Waals surface area contributed by atoms with Crippen LogP contribution < -0.4 is 10.6 Å². The molecule has 0 aromatic heterocycles. The Morgan fingerprint density at radius 3 is 2.39 bits per heavy atom. The number of sulfone groups is 1. The molecule has 1 atom stereocenters. The molecule has 2 aromatic carbocycles. The van der Waals surface area contributed by atoms with Gasteiger partial charge in [0, 0.05) is 24.1 Å². The molecule has 0 radical (unpaired) electrons. The van der Waals surface area contributed by atoms with Crippen molar-refractivity contribution in [3.8, 4) is 11.1 Å². The van der Waals surface area contributed by atoms with Crippen LogP contribution in [0.25, 0.3) is 11.1 Å². The topological polar surface area (TPSA) is 101 Å². The summed E-state index contributed by atoms with van der Waals surface area (Å²) in [6.07, 6.45) is 2.52. The molecule has 2 heterocycles. The Labute approximate surface area is 163 Å². The van der Waals surface area contributed by atoms with Gasteiger partial charge < -0.3 is 10.6 Å². The van der Waals surface area contributed by atoms with Crippen molar-refractivity contribution in [1.29, 1.82) is 0 Å². The number of carbonyl (C=O) groups excluding carboxylic acids is 2. The number of anilines is 1. The monoisotopic (exact) mass is 399 g/mol. The van der Waals surface area contributed by atoms with Crippen molar-refractivity contribution in [2.45, 2.75) is 23.3 Å². The normalized spacial score (nSPS) is 21.8. The minimum atomic E-state index is -3.37. The summed E-state index contributed by atoms with van der Waals surface area (Å²) in [6, 6.07) is 13.7. The minimum Gasteiger partial charge on any atom is -0.368 e. The van der Waals surface area contributed by atoms with Crippen molar-refractivity contribution >= 4 is 27.5 Å². The van der Waals surface area contributed by atoms with E-state index >= 15 is 0 Å². The quantitative estimate of drug-likeness (QED) is 0.850. The van der Waals surface area contributed by atoms with Gasteiger partial charge in [0.15, 0.2) is 9.84 Å². The molecule has 3 amide bonds. The summed E-state index contributed by atoms with van der Waals surface area (Å²) in [5, 5.41) is 0. The van der Waals surface area contributed by atoms with E-state index in [-0.39, 0.29) is 17.5 Å². The van der Waals surface area contributed by atoms with Gasteiger partial charge in [-0.1, -0.05) is 30.3 Å². The summed E-state index contributed by atoms with van der Waals surface area (Å²) in [5.41, 5.74) is 6.69. The summed E-state index contributed by atoms with van der Waals surface area (Å²) < 4.78 is 24.1. The number of primary amides is 1. The van der Waals surface area contributed by atoms with Gasteiger partial charge in [0.25, 0.3) is 0 Å². The number of urea groups is 1. The predicted octanol–water partition coefficient (Wildman–Crippen LogP) is 2.02. The maximum absolute atomic E-state index is 12.8. The summed E-state index contributed by atoms with van der Waals surface area (Å²) in [6.45, 7) is 0.762. The number of carbonyl (C=O) groups is 2. The molecule has 0 unspecified atom stereocenters. The number of amides is 3. The van der Waals surface area contributed by atoms with E-state index in [1.54, 1.807) is 58.3 Å². The lowest BCUT2D eigenvalue weighted by molar-refractivity contribution is -0.125. The first-order valence-corrected chi connectivity index (χ1v) is 10.9. The molecule has 8 heteroatoms. The molecule has 2 fully saturated rings. The highest BCUT2D eigenvalue weighted by molar-refractivity contribution is 7.90. The first-order valence-electron chi connectivity index (χ1n) is 9.03. The lowest BCUT2D eigenvalue weighted by atomic mass is 9.96. The van der Waals surface area contributed by atoms with E-state index in [0.717, 1.165) is 12.0 Å². The maximum Gasteiger partial charge on any atom is 0.325 e. The fraction of sp³-hybridized carbons (Fsp3) is 0.300. The average Bonchev–Trinajstić information content (AvgIpc) is 3.21. The van der Waals surface area contributed by atoms with Gasteiger partial charge >= 0.3 is 6.03 Å². The molecule has 0 saturated carbocycles. The van der Waals surface area contributed by atoms with Crippen molar-refractivity contribution in [3.05, 3.63) is 48.5 Å². The van der Waals surface area contributed by atoms with Crippen molar-refractivity contribution < 1.29 is 18.0 Å². The standard InChI is InChI=1S/C20H21N3O4S/c1-28(26,27)17-6-3-2-5-16(17)14-7-9-15(10-8-14)22-13-20(18(21)24)11-4-12-23(20)19(22)25/h2-3,5-10H,4,11-13H2,1H3,(H2,21,24)/t20-/m1/s1. The summed E-state index contributed by atoms with van der Waals surface area (Å²) in [4.78, 5) is 28.2. The van der Waals surface area contributed by atoms with E-state index in [2.05, 4.69) is 0 Å². The first-order chi connectivity index (χ1) is 13.2. The van der Waals surface area contributed by atoms with Gasteiger partial charge in [-0.3, -0.25) is 9.69 Å². The second-order valence-corrected chi connectivity index (χ2v) is 9.32. The molecule has 0 aliphatic carbocycles. The summed E-state index contributed by atoms with van der Waals surface area (Å²) in [5.74, 6) is -0.473. The van der Waals surface area contributed by atoms with Crippen LogP contribution in [0.15, 0.2) is 53.4 Å². The molecule has 2 N–H and O–H groups in total. The van der Waals surface area contributed by atoms with Crippen molar-refractivity contribution in [3.63, 3.8) is 0 Å². The number of hydrogen-bond acceptors (Lipinski definition) is 4. The van der Waals surface area contributed by atoms with Crippen LogP contribution >= 0.6 is 0 Å². The Morgan fingerprint density at radius 2 is 1.79 bits per heavy atom. The molecule has 0 spiro atoms. The van der Waals surface area contributed by atoms with Gasteiger partial charge in [-0.25, -0.2) is 13.2 Å². The number of nitrogens with two attached hydrogens (primary N) is 1. The van der Waals surface area contributed by atoms with E-state index in [4.69, 9.17) is 5.73 Å². The highest BCUT2D eigenvalue weighted by atomic mass is 32.2. The van der Waals surface area contributed by atoms with Gasteiger partial charge in [0.2, 0.25) is 5.91 Å². The third kappa shape index (κ3) is 2.75. The van der Waals surface area contributed by atoms with Crippen molar-refractivity contribution in [2.24, 2.45) is 5.73 Å². The highest BCUT2D eigenvalue weighted by Crippen LogP contribution is 2.39. The lowest BCUT2D eigenvalue weighted by Crippen LogP contribution is -2.52. The molecule has 4 rings (SSSR count). The van der Waals surface area contributed by atoms with Crippen molar-refractivity contribution in [2.75, 3.05) is 24.2 Å². The Hall–Kier alpha value is -2.87. The Morgan fingerprint density at radius 1 is 1.11 bits per heavy atom. The number of hydrogen-bond donors (Lipinski definition) is 1. The van der Waals surface area contributed by atoms with Crippen LogP contribution in [0.2, 0.25) is 0 Å². The molecular formula is C20H21N3O4S. The Balaban J connectivity index is 1.67. The van der Waals surface area contributed by atoms with Gasteiger partial charge in [-0.15, -0.1) is 0 Å². The zero-order valence-electron chi connectivity index (χ0n) is 15.5. The number of nitrogens with zero attached hydrogens (tertiary/aromatic N) is 2. The van der Waals surface area contributed by atoms with Gasteiger partial charge in [-0.05, 0) is 36.6 Å². The fourth-order valence-corrected chi connectivity index (χ4v) is 5.09. The van der Waals surface area contributed by atoms with E-state index in [1.165, 1.54) is 6.26 Å².